The van der Waals surface area contributed by atoms with Crippen LogP contribution in [0.25, 0.3) is 0 Å². The van der Waals surface area contributed by atoms with Crippen molar-refractivity contribution in [3.63, 3.8) is 0 Å². The lowest BCUT2D eigenvalue weighted by Crippen LogP contribution is -2.65. The van der Waals surface area contributed by atoms with Crippen LogP contribution in [-0.2, 0) is 9.59 Å². The van der Waals surface area contributed by atoms with Gasteiger partial charge < -0.3 is 10.2 Å². The fourth-order valence-electron chi connectivity index (χ4n) is 3.46. The Balaban J connectivity index is 2.16. The van der Waals surface area contributed by atoms with Crippen LogP contribution < -0.4 is 5.32 Å². The molecule has 2 fully saturated rings. The molecular formula is C16H26N2O2. The van der Waals surface area contributed by atoms with E-state index in [1.54, 1.807) is 4.90 Å². The molecule has 2 aliphatic rings. The van der Waals surface area contributed by atoms with Crippen LogP contribution in [0.2, 0.25) is 0 Å². The van der Waals surface area contributed by atoms with E-state index in [9.17, 15) is 9.59 Å². The van der Waals surface area contributed by atoms with E-state index in [1.165, 1.54) is 19.3 Å². The minimum absolute atomic E-state index is 0.00363. The number of amides is 2. The molecule has 0 aromatic heterocycles. The summed E-state index contributed by atoms with van der Waals surface area (Å²) in [5.41, 5.74) is 0.925. The van der Waals surface area contributed by atoms with Gasteiger partial charge in [-0.2, -0.15) is 0 Å². The fourth-order valence-corrected chi connectivity index (χ4v) is 3.46. The van der Waals surface area contributed by atoms with Crippen molar-refractivity contribution in [3.05, 3.63) is 12.2 Å². The molecule has 0 bridgehead atoms. The van der Waals surface area contributed by atoms with Crippen LogP contribution >= 0.6 is 0 Å². The van der Waals surface area contributed by atoms with Gasteiger partial charge in [-0.15, -0.1) is 0 Å². The van der Waals surface area contributed by atoms with E-state index in [1.807, 2.05) is 13.8 Å². The average molecular weight is 278 g/mol. The number of nitrogens with zero attached hydrogens (tertiary/aromatic N) is 1. The van der Waals surface area contributed by atoms with Gasteiger partial charge in [0, 0.05) is 6.54 Å². The summed E-state index contributed by atoms with van der Waals surface area (Å²) in [6.07, 6.45) is 6.34. The fraction of sp³-hybridized carbons (Fsp3) is 0.750. The summed E-state index contributed by atoms with van der Waals surface area (Å²) in [5.74, 6) is 0.404. The minimum Gasteiger partial charge on any atom is -0.342 e. The Morgan fingerprint density at radius 2 is 1.95 bits per heavy atom. The standard InChI is InChI=1S/C16H26N2O2/c1-4-13-15(19)17-14(12-8-6-5-7-9-12)16(20)18(13)10-11(2)3/h12-14H,2,4-10H2,1,3H3,(H,17,19). The molecule has 1 N–H and O–H groups in total. The van der Waals surface area contributed by atoms with E-state index in [4.69, 9.17) is 0 Å². The van der Waals surface area contributed by atoms with Gasteiger partial charge in [-0.1, -0.05) is 38.3 Å². The van der Waals surface area contributed by atoms with Crippen molar-refractivity contribution in [3.8, 4) is 0 Å². The third-order valence-electron chi connectivity index (χ3n) is 4.47. The van der Waals surface area contributed by atoms with Crippen molar-refractivity contribution in [2.45, 2.75) is 64.5 Å². The number of carbonyl (C=O) groups excluding carboxylic acids is 2. The van der Waals surface area contributed by atoms with Crippen LogP contribution in [0, 0.1) is 5.92 Å². The predicted octanol–water partition coefficient (Wildman–Crippen LogP) is 2.25. The van der Waals surface area contributed by atoms with Gasteiger partial charge in [0.05, 0.1) is 0 Å². The normalized spacial score (nSPS) is 28.4. The summed E-state index contributed by atoms with van der Waals surface area (Å²) in [6, 6.07) is -0.649. The summed E-state index contributed by atoms with van der Waals surface area (Å²) in [6.45, 7) is 8.24. The smallest absolute Gasteiger partial charge is 0.246 e. The van der Waals surface area contributed by atoms with Gasteiger partial charge in [0.15, 0.2) is 0 Å². The maximum Gasteiger partial charge on any atom is 0.246 e. The van der Waals surface area contributed by atoms with Gasteiger partial charge in [-0.05, 0) is 32.1 Å². The summed E-state index contributed by atoms with van der Waals surface area (Å²) in [7, 11) is 0. The molecule has 4 heteroatoms. The largest absolute Gasteiger partial charge is 0.342 e. The van der Waals surface area contributed by atoms with Crippen LogP contribution in [0.4, 0.5) is 0 Å². The number of piperazine rings is 1. The molecule has 112 valence electrons. The minimum atomic E-state index is -0.334. The van der Waals surface area contributed by atoms with Crippen molar-refractivity contribution >= 4 is 11.8 Å². The molecule has 4 nitrogen and oxygen atoms in total. The van der Waals surface area contributed by atoms with Crippen LogP contribution in [0.5, 0.6) is 0 Å². The molecule has 0 aromatic rings. The van der Waals surface area contributed by atoms with Crippen molar-refractivity contribution in [2.24, 2.45) is 5.92 Å². The number of hydrogen-bond donors (Lipinski definition) is 1. The second kappa shape index (κ2) is 6.42. The zero-order valence-corrected chi connectivity index (χ0v) is 12.7. The van der Waals surface area contributed by atoms with Crippen LogP contribution in [0.15, 0.2) is 12.2 Å². The van der Waals surface area contributed by atoms with Gasteiger partial charge >= 0.3 is 0 Å². The number of hydrogen-bond acceptors (Lipinski definition) is 2. The topological polar surface area (TPSA) is 49.4 Å². The molecule has 0 spiro atoms. The van der Waals surface area contributed by atoms with Gasteiger partial charge in [0.25, 0.3) is 0 Å². The Morgan fingerprint density at radius 3 is 2.50 bits per heavy atom. The van der Waals surface area contributed by atoms with Gasteiger partial charge in [-0.3, -0.25) is 9.59 Å². The lowest BCUT2D eigenvalue weighted by atomic mass is 9.82. The number of rotatable bonds is 4. The van der Waals surface area contributed by atoms with Crippen molar-refractivity contribution in [2.75, 3.05) is 6.54 Å². The molecule has 0 radical (unpaired) electrons. The Hall–Kier alpha value is -1.32. The second-order valence-electron chi connectivity index (χ2n) is 6.23. The Bertz CT molecular complexity index is 399. The van der Waals surface area contributed by atoms with E-state index in [0.29, 0.717) is 18.9 Å². The van der Waals surface area contributed by atoms with Gasteiger partial charge in [0.1, 0.15) is 12.1 Å². The average Bonchev–Trinajstić information content (AvgIpc) is 2.43. The van der Waals surface area contributed by atoms with Crippen LogP contribution in [0.3, 0.4) is 0 Å². The predicted molar refractivity (Wildman–Crippen MR) is 79.1 cm³/mol. The summed E-state index contributed by atoms with van der Waals surface area (Å²) in [4.78, 5) is 26.8. The monoisotopic (exact) mass is 278 g/mol. The zero-order valence-electron chi connectivity index (χ0n) is 12.7. The van der Waals surface area contributed by atoms with E-state index >= 15 is 0 Å². The molecule has 1 saturated heterocycles. The molecule has 1 heterocycles. The Labute approximate surface area is 121 Å². The van der Waals surface area contributed by atoms with Crippen LogP contribution in [0.1, 0.15) is 52.4 Å². The van der Waals surface area contributed by atoms with Crippen molar-refractivity contribution in [1.82, 2.24) is 10.2 Å². The molecule has 1 aliphatic carbocycles. The molecule has 2 rings (SSSR count). The molecule has 2 unspecified atom stereocenters. The number of nitrogens with one attached hydrogen (secondary N) is 1. The third kappa shape index (κ3) is 3.05. The highest BCUT2D eigenvalue weighted by Crippen LogP contribution is 2.29. The zero-order chi connectivity index (χ0) is 14.7. The van der Waals surface area contributed by atoms with Crippen molar-refractivity contribution in [1.29, 1.82) is 0 Å². The summed E-state index contributed by atoms with van der Waals surface area (Å²) < 4.78 is 0. The van der Waals surface area contributed by atoms with E-state index in [0.717, 1.165) is 18.4 Å². The first-order valence-corrected chi connectivity index (χ1v) is 7.79. The maximum atomic E-state index is 12.7. The van der Waals surface area contributed by atoms with Crippen molar-refractivity contribution < 1.29 is 9.59 Å². The van der Waals surface area contributed by atoms with E-state index < -0.39 is 0 Å². The maximum absolute atomic E-state index is 12.7. The summed E-state index contributed by atoms with van der Waals surface area (Å²) >= 11 is 0. The molecular weight excluding hydrogens is 252 g/mol. The lowest BCUT2D eigenvalue weighted by Gasteiger charge is -2.42. The Kier molecular flexibility index (Phi) is 4.84. The quantitative estimate of drug-likeness (QED) is 0.802. The molecule has 1 saturated carbocycles. The molecule has 20 heavy (non-hydrogen) atoms. The first-order valence-electron chi connectivity index (χ1n) is 7.79. The van der Waals surface area contributed by atoms with E-state index in [2.05, 4.69) is 11.9 Å². The third-order valence-corrected chi connectivity index (χ3v) is 4.47. The number of carbonyl (C=O) groups is 2. The summed E-state index contributed by atoms with van der Waals surface area (Å²) in [5, 5.41) is 2.98. The highest BCUT2D eigenvalue weighted by atomic mass is 16.2. The highest BCUT2D eigenvalue weighted by Gasteiger charge is 2.42. The first kappa shape index (κ1) is 15.1. The molecule has 0 aromatic carbocycles. The van der Waals surface area contributed by atoms with E-state index in [-0.39, 0.29) is 23.9 Å². The molecule has 2 amide bonds. The Morgan fingerprint density at radius 1 is 1.30 bits per heavy atom. The van der Waals surface area contributed by atoms with Crippen LogP contribution in [-0.4, -0.2) is 35.3 Å². The van der Waals surface area contributed by atoms with Gasteiger partial charge in [0.2, 0.25) is 11.8 Å². The lowest BCUT2D eigenvalue weighted by molar-refractivity contribution is -0.150. The van der Waals surface area contributed by atoms with Gasteiger partial charge in [-0.25, -0.2) is 0 Å². The molecule has 2 atom stereocenters. The SMILES string of the molecule is C=C(C)CN1C(=O)C(C2CCCCC2)NC(=O)C1CC. The molecule has 1 aliphatic heterocycles. The second-order valence-corrected chi connectivity index (χ2v) is 6.23. The highest BCUT2D eigenvalue weighted by molar-refractivity contribution is 5.97. The first-order chi connectivity index (χ1) is 9.54.